The lowest BCUT2D eigenvalue weighted by Gasteiger charge is -2.32. The average Bonchev–Trinajstić information content (AvgIpc) is 2.80. The Labute approximate surface area is 128 Å². The summed E-state index contributed by atoms with van der Waals surface area (Å²) in [5.74, 6) is 0. The zero-order chi connectivity index (χ0) is 14.7. The van der Waals surface area contributed by atoms with Crippen molar-refractivity contribution in [2.75, 3.05) is 0 Å². The zero-order valence-corrected chi connectivity index (χ0v) is 13.9. The number of nitrogens with zero attached hydrogens (tertiary/aromatic N) is 1. The summed E-state index contributed by atoms with van der Waals surface area (Å²) in [6.07, 6.45) is 1.77. The van der Waals surface area contributed by atoms with Crippen molar-refractivity contribution in [2.24, 2.45) is 0 Å². The predicted molar refractivity (Wildman–Crippen MR) is 85.1 cm³/mol. The van der Waals surface area contributed by atoms with Gasteiger partial charge < -0.3 is 9.31 Å². The normalized spacial score (nSPS) is 20.8. The van der Waals surface area contributed by atoms with E-state index < -0.39 is 7.12 Å². The number of aromatic nitrogens is 1. The molecular weight excluding hydrogens is 292 g/mol. The molecule has 0 radical (unpaired) electrons. The van der Waals surface area contributed by atoms with Crippen LogP contribution in [0.1, 0.15) is 33.3 Å². The van der Waals surface area contributed by atoms with Gasteiger partial charge in [0, 0.05) is 21.7 Å². The summed E-state index contributed by atoms with van der Waals surface area (Å²) < 4.78 is 13.3. The molecule has 0 atom stereocenters. The molecule has 1 aliphatic rings. The largest absolute Gasteiger partial charge is 0.497 e. The minimum atomic E-state index is -0.398. The molecule has 2 aromatic rings. The fourth-order valence-electron chi connectivity index (χ4n) is 2.30. The van der Waals surface area contributed by atoms with E-state index in [0.717, 1.165) is 21.1 Å². The van der Waals surface area contributed by atoms with Gasteiger partial charge in [-0.15, -0.1) is 11.3 Å². The van der Waals surface area contributed by atoms with Crippen molar-refractivity contribution >= 4 is 45.6 Å². The van der Waals surface area contributed by atoms with Crippen LogP contribution in [0.5, 0.6) is 0 Å². The highest BCUT2D eigenvalue weighted by Crippen LogP contribution is 2.38. The Morgan fingerprint density at radius 3 is 2.40 bits per heavy atom. The fourth-order valence-corrected chi connectivity index (χ4v) is 3.72. The van der Waals surface area contributed by atoms with E-state index in [0.29, 0.717) is 5.15 Å². The SMILES string of the molecule is Cc1csc2c(B3OC(C)(C)C(C)(C)O3)cnc(Cl)c12. The van der Waals surface area contributed by atoms with Crippen LogP contribution < -0.4 is 5.46 Å². The molecule has 0 aromatic carbocycles. The van der Waals surface area contributed by atoms with Crippen molar-refractivity contribution < 1.29 is 9.31 Å². The van der Waals surface area contributed by atoms with Crippen LogP contribution in [0.25, 0.3) is 10.1 Å². The first-order valence-electron chi connectivity index (χ1n) is 6.61. The van der Waals surface area contributed by atoms with Gasteiger partial charge in [-0.2, -0.15) is 0 Å². The maximum Gasteiger partial charge on any atom is 0.497 e. The molecule has 1 saturated heterocycles. The van der Waals surface area contributed by atoms with Gasteiger partial charge in [-0.05, 0) is 45.6 Å². The zero-order valence-electron chi connectivity index (χ0n) is 12.3. The Bertz CT molecular complexity index is 667. The van der Waals surface area contributed by atoms with Gasteiger partial charge in [0.25, 0.3) is 0 Å². The Kier molecular flexibility index (Phi) is 3.18. The lowest BCUT2D eigenvalue weighted by atomic mass is 9.80. The van der Waals surface area contributed by atoms with Gasteiger partial charge >= 0.3 is 7.12 Å². The molecule has 0 N–H and O–H groups in total. The third-order valence-electron chi connectivity index (χ3n) is 4.27. The van der Waals surface area contributed by atoms with Crippen LogP contribution in [0.15, 0.2) is 11.6 Å². The van der Waals surface area contributed by atoms with Gasteiger partial charge in [0.15, 0.2) is 0 Å². The monoisotopic (exact) mass is 309 g/mol. The van der Waals surface area contributed by atoms with Crippen molar-refractivity contribution in [1.82, 2.24) is 4.98 Å². The summed E-state index contributed by atoms with van der Waals surface area (Å²) in [6.45, 7) is 10.2. The summed E-state index contributed by atoms with van der Waals surface area (Å²) in [4.78, 5) is 4.29. The van der Waals surface area contributed by atoms with E-state index in [1.165, 1.54) is 0 Å². The number of hydrogen-bond donors (Lipinski definition) is 0. The molecule has 106 valence electrons. The Morgan fingerprint density at radius 1 is 1.20 bits per heavy atom. The molecular formula is C14H17BClNO2S. The number of halogens is 1. The van der Waals surface area contributed by atoms with E-state index in [1.54, 1.807) is 17.5 Å². The lowest BCUT2D eigenvalue weighted by molar-refractivity contribution is 0.00578. The van der Waals surface area contributed by atoms with Gasteiger partial charge in [0.2, 0.25) is 0 Å². The summed E-state index contributed by atoms with van der Waals surface area (Å²) >= 11 is 7.87. The molecule has 6 heteroatoms. The highest BCUT2D eigenvalue weighted by atomic mass is 35.5. The van der Waals surface area contributed by atoms with Gasteiger partial charge in [-0.1, -0.05) is 11.6 Å². The minimum absolute atomic E-state index is 0.351. The first kappa shape index (κ1) is 14.3. The smallest absolute Gasteiger partial charge is 0.399 e. The number of aryl methyl sites for hydroxylation is 1. The second kappa shape index (κ2) is 4.44. The molecule has 0 unspecified atom stereocenters. The summed E-state index contributed by atoms with van der Waals surface area (Å²) in [6, 6.07) is 0. The molecule has 20 heavy (non-hydrogen) atoms. The van der Waals surface area contributed by atoms with Crippen LogP contribution in [0, 0.1) is 6.92 Å². The Morgan fingerprint density at radius 2 is 1.80 bits per heavy atom. The maximum absolute atomic E-state index is 6.21. The number of hydrogen-bond acceptors (Lipinski definition) is 4. The molecule has 0 spiro atoms. The van der Waals surface area contributed by atoms with Crippen molar-refractivity contribution in [3.63, 3.8) is 0 Å². The van der Waals surface area contributed by atoms with Crippen LogP contribution in [0.3, 0.4) is 0 Å². The van der Waals surface area contributed by atoms with Crippen LogP contribution in [-0.4, -0.2) is 23.3 Å². The van der Waals surface area contributed by atoms with Crippen molar-refractivity contribution in [3.8, 4) is 0 Å². The number of fused-ring (bicyclic) bond motifs is 1. The average molecular weight is 310 g/mol. The van der Waals surface area contributed by atoms with E-state index >= 15 is 0 Å². The molecule has 1 aliphatic heterocycles. The predicted octanol–water partition coefficient (Wildman–Crippen LogP) is 3.56. The third-order valence-corrected chi connectivity index (χ3v) is 5.70. The number of rotatable bonds is 1. The number of thiophene rings is 1. The van der Waals surface area contributed by atoms with E-state index in [4.69, 9.17) is 20.9 Å². The van der Waals surface area contributed by atoms with Crippen LogP contribution >= 0.6 is 22.9 Å². The maximum atomic E-state index is 6.21. The van der Waals surface area contributed by atoms with Crippen LogP contribution in [0.2, 0.25) is 5.15 Å². The van der Waals surface area contributed by atoms with Crippen LogP contribution in [-0.2, 0) is 9.31 Å². The highest BCUT2D eigenvalue weighted by molar-refractivity contribution is 7.19. The molecule has 2 aromatic heterocycles. The van der Waals surface area contributed by atoms with Gasteiger partial charge in [-0.25, -0.2) is 4.98 Å². The lowest BCUT2D eigenvalue weighted by Crippen LogP contribution is -2.41. The van der Waals surface area contributed by atoms with Crippen molar-refractivity contribution in [1.29, 1.82) is 0 Å². The molecule has 0 saturated carbocycles. The summed E-state index contributed by atoms with van der Waals surface area (Å²) in [7, 11) is -0.398. The third kappa shape index (κ3) is 1.99. The molecule has 1 fully saturated rings. The second-order valence-corrected chi connectivity index (χ2v) is 7.45. The topological polar surface area (TPSA) is 31.4 Å². The summed E-state index contributed by atoms with van der Waals surface area (Å²) in [5, 5.41) is 3.63. The number of pyridine rings is 1. The van der Waals surface area contributed by atoms with E-state index in [1.807, 2.05) is 34.6 Å². The fraction of sp³-hybridized carbons (Fsp3) is 0.500. The van der Waals surface area contributed by atoms with E-state index in [2.05, 4.69) is 10.4 Å². The first-order chi connectivity index (χ1) is 9.23. The Hall–Kier alpha value is -0.615. The van der Waals surface area contributed by atoms with E-state index in [-0.39, 0.29) is 11.2 Å². The summed E-state index contributed by atoms with van der Waals surface area (Å²) in [5.41, 5.74) is 1.40. The van der Waals surface area contributed by atoms with Crippen molar-refractivity contribution in [3.05, 3.63) is 22.3 Å². The molecule has 3 heterocycles. The Balaban J connectivity index is 2.11. The standard InChI is InChI=1S/C14H17BClNO2S/c1-8-7-20-11-9(6-17-12(16)10(8)11)15-18-13(2,3)14(4,5)19-15/h6-7H,1-5H3. The quantitative estimate of drug-likeness (QED) is 0.596. The minimum Gasteiger partial charge on any atom is -0.399 e. The van der Waals surface area contributed by atoms with Gasteiger partial charge in [0.1, 0.15) is 5.15 Å². The van der Waals surface area contributed by atoms with Crippen LogP contribution in [0.4, 0.5) is 0 Å². The molecule has 3 rings (SSSR count). The highest BCUT2D eigenvalue weighted by Gasteiger charge is 2.52. The van der Waals surface area contributed by atoms with Crippen molar-refractivity contribution in [2.45, 2.75) is 45.8 Å². The van der Waals surface area contributed by atoms with E-state index in [9.17, 15) is 0 Å². The molecule has 0 amide bonds. The van der Waals surface area contributed by atoms with Gasteiger partial charge in [0.05, 0.1) is 11.2 Å². The molecule has 0 bridgehead atoms. The second-order valence-electron chi connectivity index (χ2n) is 6.22. The first-order valence-corrected chi connectivity index (χ1v) is 7.86. The van der Waals surface area contributed by atoms with Gasteiger partial charge in [-0.3, -0.25) is 0 Å². The molecule has 0 aliphatic carbocycles. The molecule has 3 nitrogen and oxygen atoms in total.